The average molecular weight is 1130 g/mol. The summed E-state index contributed by atoms with van der Waals surface area (Å²) < 4.78 is 53.6. The SMILES string of the molecule is CC(=O)CO[Si](C)(C)C(C)(C)C.CC(C)Oc1ccc(C(=O)NN(CCO)Cc2ccc(OCc3ccc(F)cc3)cc2)cc1Cl.CC(C)Oc1ccc(C(=O)NN)cc1Cl.O=Cc1ccc(OCc2ccc(F)cc2)cc1. The molecule has 19 heteroatoms. The first-order valence-corrected chi connectivity index (χ1v) is 28.6. The maximum atomic E-state index is 13.0. The van der Waals surface area contributed by atoms with E-state index in [1.165, 1.54) is 30.3 Å². The van der Waals surface area contributed by atoms with E-state index in [1.807, 2.05) is 57.4 Å². The smallest absolute Gasteiger partial charge is 0.265 e. The highest BCUT2D eigenvalue weighted by molar-refractivity contribution is 6.74. The van der Waals surface area contributed by atoms with E-state index in [4.69, 9.17) is 52.4 Å². The number of ketones is 1. The van der Waals surface area contributed by atoms with Gasteiger partial charge in [-0.25, -0.2) is 19.6 Å². The van der Waals surface area contributed by atoms with Gasteiger partial charge in [-0.3, -0.25) is 30.0 Å². The number of hydrogen-bond acceptors (Lipinski definition) is 12. The number of hydrazine groups is 2. The van der Waals surface area contributed by atoms with Gasteiger partial charge in [-0.05, 0) is 167 Å². The number of nitrogen functional groups attached to an aromatic ring is 1. The second-order valence-electron chi connectivity index (χ2n) is 19.6. The molecule has 0 aliphatic carbocycles. The molecule has 0 saturated carbocycles. The van der Waals surface area contributed by atoms with E-state index in [9.17, 15) is 33.1 Å². The number of nitrogens with one attached hydrogen (secondary N) is 2. The van der Waals surface area contributed by atoms with E-state index < -0.39 is 8.32 Å². The van der Waals surface area contributed by atoms with Gasteiger partial charge < -0.3 is 28.5 Å². The second-order valence-corrected chi connectivity index (χ2v) is 25.2. The minimum absolute atomic E-state index is 0.0306. The quantitative estimate of drug-likeness (QED) is 0.0176. The molecule has 0 atom stereocenters. The van der Waals surface area contributed by atoms with Gasteiger partial charge >= 0.3 is 0 Å². The molecule has 0 aliphatic rings. The van der Waals surface area contributed by atoms with Crippen molar-refractivity contribution in [3.05, 3.63) is 189 Å². The van der Waals surface area contributed by atoms with Crippen molar-refractivity contribution >= 4 is 55.4 Å². The molecule has 0 fully saturated rings. The summed E-state index contributed by atoms with van der Waals surface area (Å²) in [5.41, 5.74) is 8.91. The molecule has 0 aromatic heterocycles. The molecule has 0 unspecified atom stereocenters. The number of aliphatic hydroxyl groups is 1. The molecule has 5 N–H and O–H groups in total. The van der Waals surface area contributed by atoms with E-state index in [0.29, 0.717) is 69.5 Å². The summed E-state index contributed by atoms with van der Waals surface area (Å²) >= 11 is 12.2. The first-order chi connectivity index (χ1) is 36.8. The summed E-state index contributed by atoms with van der Waals surface area (Å²) in [4.78, 5) is 45.1. The van der Waals surface area contributed by atoms with Crippen molar-refractivity contribution in [3.8, 4) is 23.0 Å². The fourth-order valence-corrected chi connectivity index (χ4v) is 7.56. The van der Waals surface area contributed by atoms with Gasteiger partial charge in [0.25, 0.3) is 11.8 Å². The predicted octanol–water partition coefficient (Wildman–Crippen LogP) is 12.5. The van der Waals surface area contributed by atoms with Gasteiger partial charge in [-0.1, -0.05) is 80.4 Å². The highest BCUT2D eigenvalue weighted by Gasteiger charge is 2.37. The lowest BCUT2D eigenvalue weighted by Crippen LogP contribution is -2.43. The lowest BCUT2D eigenvalue weighted by atomic mass is 10.2. The van der Waals surface area contributed by atoms with Gasteiger partial charge in [0.2, 0.25) is 0 Å². The van der Waals surface area contributed by atoms with Crippen molar-refractivity contribution < 1.29 is 56.4 Å². The van der Waals surface area contributed by atoms with E-state index >= 15 is 0 Å². The van der Waals surface area contributed by atoms with Crippen molar-refractivity contribution in [2.24, 2.45) is 5.84 Å². The molecule has 0 aliphatic heterocycles. The lowest BCUT2D eigenvalue weighted by molar-refractivity contribution is -0.119. The van der Waals surface area contributed by atoms with Gasteiger partial charge in [0.15, 0.2) is 14.1 Å². The molecule has 0 saturated heterocycles. The number of carbonyl (C=O) groups is 4. The Hall–Kier alpha value is -6.70. The van der Waals surface area contributed by atoms with E-state index in [0.717, 1.165) is 23.0 Å². The molecular weight excluding hydrogens is 1060 g/mol. The molecule has 6 rings (SSSR count). The first-order valence-electron chi connectivity index (χ1n) is 24.9. The van der Waals surface area contributed by atoms with Crippen LogP contribution in [-0.4, -0.2) is 74.3 Å². The van der Waals surface area contributed by atoms with Crippen molar-refractivity contribution in [1.82, 2.24) is 15.9 Å². The highest BCUT2D eigenvalue weighted by atomic mass is 35.5. The monoisotopic (exact) mass is 1130 g/mol. The third-order valence-corrected chi connectivity index (χ3v) is 16.3. The second kappa shape index (κ2) is 32.9. The summed E-state index contributed by atoms with van der Waals surface area (Å²) in [7, 11) is -1.69. The number of amides is 2. The number of nitrogens with zero attached hydrogens (tertiary/aromatic N) is 1. The maximum Gasteiger partial charge on any atom is 0.265 e. The predicted molar refractivity (Wildman–Crippen MR) is 305 cm³/mol. The first kappa shape index (κ1) is 65.6. The van der Waals surface area contributed by atoms with E-state index in [1.54, 1.807) is 90.8 Å². The van der Waals surface area contributed by atoms with Crippen LogP contribution in [0.1, 0.15) is 103 Å². The number of benzene rings is 6. The Balaban J connectivity index is 0.000000304. The number of ether oxygens (including phenoxy) is 4. The van der Waals surface area contributed by atoms with Crippen LogP contribution < -0.4 is 35.6 Å². The summed E-state index contributed by atoms with van der Waals surface area (Å²) in [6.45, 7) is 21.4. The lowest BCUT2D eigenvalue weighted by Gasteiger charge is -2.35. The third kappa shape index (κ3) is 24.3. The number of halogens is 4. The summed E-state index contributed by atoms with van der Waals surface area (Å²) in [6.07, 6.45) is 0.789. The standard InChI is InChI=1S/C26H28ClFN2O4.C14H11FO2.C10H13ClN2O2.C9H20O2Si/c1-18(2)34-25-12-7-21(15-24(25)27)26(32)29-30(13-14-31)16-19-5-10-23(11-6-19)33-17-20-3-8-22(28)9-4-20;15-13-5-1-12(2-6-13)10-17-14-7-3-11(9-16)4-8-14;1-6(2)15-9-4-3-7(5-8(9)11)10(14)13-12;1-8(10)7-11-12(5,6)9(2,3)4/h3-12,15,18,31H,13-14,16-17H2,1-2H3,(H,29,32);1-9H,10H2;3-6H,12H2,1-2H3,(H,13,14);7H2,1-6H3. The van der Waals surface area contributed by atoms with Crippen LogP contribution in [0.3, 0.4) is 0 Å². The number of carbonyl (C=O) groups excluding carboxylic acids is 4. The molecule has 0 heterocycles. The minimum Gasteiger partial charge on any atom is -0.489 e. The molecule has 6 aromatic carbocycles. The van der Waals surface area contributed by atoms with Crippen LogP contribution in [-0.2, 0) is 29.0 Å². The molecule has 0 bridgehead atoms. The van der Waals surface area contributed by atoms with Crippen LogP contribution in [0.2, 0.25) is 28.2 Å². The van der Waals surface area contributed by atoms with Gasteiger partial charge in [0.05, 0.1) is 35.5 Å². The molecule has 6 aromatic rings. The van der Waals surface area contributed by atoms with Crippen molar-refractivity contribution in [3.63, 3.8) is 0 Å². The number of hydrogen-bond donors (Lipinski definition) is 4. The van der Waals surface area contributed by atoms with Crippen LogP contribution in [0, 0.1) is 11.6 Å². The number of nitrogens with two attached hydrogens (primary N) is 1. The van der Waals surface area contributed by atoms with E-state index in [-0.39, 0.29) is 66.2 Å². The average Bonchev–Trinajstić information content (AvgIpc) is 3.39. The van der Waals surface area contributed by atoms with Crippen molar-refractivity contribution in [2.75, 3.05) is 19.8 Å². The van der Waals surface area contributed by atoms with Gasteiger partial charge in [0, 0.05) is 29.8 Å². The zero-order valence-electron chi connectivity index (χ0n) is 45.8. The summed E-state index contributed by atoms with van der Waals surface area (Å²) in [5.74, 6) is 6.26. The number of Topliss-reactive ketones (excluding diaryl/α,β-unsaturated/α-hetero) is 1. The van der Waals surface area contributed by atoms with Crippen molar-refractivity contribution in [2.45, 2.75) is 105 Å². The minimum atomic E-state index is -1.69. The molecule has 14 nitrogen and oxygen atoms in total. The van der Waals surface area contributed by atoms with Crippen LogP contribution in [0.15, 0.2) is 133 Å². The normalized spacial score (nSPS) is 11.0. The topological polar surface area (TPSA) is 188 Å². The summed E-state index contributed by atoms with van der Waals surface area (Å²) in [5, 5.41) is 12.0. The Bertz CT molecular complexity index is 2800. The molecule has 2 amide bonds. The van der Waals surface area contributed by atoms with Crippen LogP contribution in [0.4, 0.5) is 8.78 Å². The molecule has 0 radical (unpaired) electrons. The van der Waals surface area contributed by atoms with Gasteiger partial charge in [-0.15, -0.1) is 0 Å². The maximum absolute atomic E-state index is 13.0. The third-order valence-electron chi connectivity index (χ3n) is 11.3. The Morgan fingerprint density at radius 1 is 0.679 bits per heavy atom. The Kier molecular flexibility index (Phi) is 27.7. The largest absolute Gasteiger partial charge is 0.489 e. The fourth-order valence-electron chi connectivity index (χ4n) is 6.12. The zero-order chi connectivity index (χ0) is 58.0. The number of rotatable bonds is 21. The van der Waals surface area contributed by atoms with E-state index in [2.05, 4.69) is 39.3 Å². The van der Waals surface area contributed by atoms with Crippen LogP contribution in [0.5, 0.6) is 23.0 Å². The van der Waals surface area contributed by atoms with Crippen LogP contribution in [0.25, 0.3) is 0 Å². The number of aldehydes is 1. The van der Waals surface area contributed by atoms with Gasteiger partial charge in [0.1, 0.15) is 54.1 Å². The Labute approximate surface area is 468 Å². The van der Waals surface area contributed by atoms with Gasteiger partial charge in [-0.2, -0.15) is 0 Å². The van der Waals surface area contributed by atoms with Crippen LogP contribution >= 0.6 is 23.2 Å². The molecule has 78 heavy (non-hydrogen) atoms. The summed E-state index contributed by atoms with van der Waals surface area (Å²) in [6, 6.07) is 36.2. The molecule has 0 spiro atoms. The molecule has 420 valence electrons. The highest BCUT2D eigenvalue weighted by Crippen LogP contribution is 2.36. The molecular formula is C59H72Cl2F2N4O10Si. The Morgan fingerprint density at radius 2 is 1.10 bits per heavy atom. The Morgan fingerprint density at radius 3 is 1.47 bits per heavy atom. The number of aliphatic hydroxyl groups excluding tert-OH is 1. The fraction of sp³-hybridized carbons (Fsp3) is 0.322. The zero-order valence-corrected chi connectivity index (χ0v) is 48.3. The van der Waals surface area contributed by atoms with Crippen molar-refractivity contribution in [1.29, 1.82) is 0 Å².